The number of nitrogens with zero attached hydrogens (tertiary/aromatic N) is 1. The van der Waals surface area contributed by atoms with Crippen LogP contribution in [-0.2, 0) is 15.7 Å². The van der Waals surface area contributed by atoms with Gasteiger partial charge in [-0.2, -0.15) is 13.2 Å². The molecule has 2 amide bonds. The van der Waals surface area contributed by atoms with E-state index in [2.05, 4.69) is 5.32 Å². The zero-order chi connectivity index (χ0) is 19.0. The van der Waals surface area contributed by atoms with Gasteiger partial charge >= 0.3 is 12.3 Å². The third-order valence-corrected chi connectivity index (χ3v) is 3.58. The van der Waals surface area contributed by atoms with Crippen LogP contribution in [0.2, 0.25) is 0 Å². The summed E-state index contributed by atoms with van der Waals surface area (Å²) in [6.45, 7) is 6.88. The maximum atomic E-state index is 13.0. The molecular weight excluding hydrogens is 337 g/mol. The molecule has 0 bridgehead atoms. The van der Waals surface area contributed by atoms with Crippen molar-refractivity contribution in [2.75, 3.05) is 6.54 Å². The van der Waals surface area contributed by atoms with Crippen molar-refractivity contribution < 1.29 is 27.5 Å². The molecule has 5 nitrogen and oxygen atoms in total. The van der Waals surface area contributed by atoms with Crippen molar-refractivity contribution in [3.05, 3.63) is 35.4 Å². The van der Waals surface area contributed by atoms with Crippen molar-refractivity contribution >= 4 is 12.0 Å². The van der Waals surface area contributed by atoms with Crippen LogP contribution in [0.5, 0.6) is 0 Å². The third kappa shape index (κ3) is 4.64. The molecule has 0 aliphatic carbocycles. The minimum Gasteiger partial charge on any atom is -0.444 e. The first-order chi connectivity index (χ1) is 11.4. The summed E-state index contributed by atoms with van der Waals surface area (Å²) in [6, 6.07) is 2.92. The molecule has 0 unspecified atom stereocenters. The molecule has 0 spiro atoms. The summed E-state index contributed by atoms with van der Waals surface area (Å²) in [5.41, 5.74) is -1.57. The minimum absolute atomic E-state index is 0.0880. The SMILES string of the molecule is C[C@@H]1CN(C(=O)OC(C)(C)C)[C@H](c2cccc(C(F)(F)F)c2)C(=O)N1. The number of ether oxygens (including phenoxy) is 1. The summed E-state index contributed by atoms with van der Waals surface area (Å²) in [6.07, 6.45) is -5.28. The average molecular weight is 358 g/mol. The molecule has 0 radical (unpaired) electrons. The van der Waals surface area contributed by atoms with Crippen LogP contribution in [0.1, 0.15) is 44.9 Å². The second-order valence-electron chi connectivity index (χ2n) is 7.07. The van der Waals surface area contributed by atoms with Crippen LogP contribution >= 0.6 is 0 Å². The van der Waals surface area contributed by atoms with Gasteiger partial charge in [0.1, 0.15) is 11.6 Å². The van der Waals surface area contributed by atoms with Gasteiger partial charge in [-0.3, -0.25) is 9.69 Å². The van der Waals surface area contributed by atoms with Crippen LogP contribution in [0, 0.1) is 0 Å². The van der Waals surface area contributed by atoms with Gasteiger partial charge in [0.25, 0.3) is 0 Å². The number of amides is 2. The fraction of sp³-hybridized carbons (Fsp3) is 0.529. The quantitative estimate of drug-likeness (QED) is 0.836. The van der Waals surface area contributed by atoms with E-state index in [4.69, 9.17) is 4.74 Å². The summed E-state index contributed by atoms with van der Waals surface area (Å²) < 4.78 is 44.2. The normalized spacial score (nSPS) is 21.7. The Morgan fingerprint density at radius 1 is 1.28 bits per heavy atom. The van der Waals surface area contributed by atoms with Gasteiger partial charge in [0.15, 0.2) is 0 Å². The minimum atomic E-state index is -4.54. The Morgan fingerprint density at radius 3 is 2.48 bits per heavy atom. The molecule has 138 valence electrons. The Bertz CT molecular complexity index is 668. The fourth-order valence-corrected chi connectivity index (χ4v) is 2.63. The highest BCUT2D eigenvalue weighted by atomic mass is 19.4. The first-order valence-corrected chi connectivity index (χ1v) is 7.85. The third-order valence-electron chi connectivity index (χ3n) is 3.58. The van der Waals surface area contributed by atoms with E-state index in [1.54, 1.807) is 27.7 Å². The number of nitrogens with one attached hydrogen (secondary N) is 1. The zero-order valence-electron chi connectivity index (χ0n) is 14.5. The van der Waals surface area contributed by atoms with Gasteiger partial charge in [0.05, 0.1) is 5.56 Å². The molecule has 1 saturated heterocycles. The Balaban J connectivity index is 2.40. The molecule has 1 aromatic rings. The Labute approximate surface area is 144 Å². The fourth-order valence-electron chi connectivity index (χ4n) is 2.63. The largest absolute Gasteiger partial charge is 0.444 e. The highest BCUT2D eigenvalue weighted by Crippen LogP contribution is 2.33. The highest BCUT2D eigenvalue weighted by molar-refractivity contribution is 5.88. The van der Waals surface area contributed by atoms with Gasteiger partial charge in [0, 0.05) is 12.6 Å². The number of benzene rings is 1. The zero-order valence-corrected chi connectivity index (χ0v) is 14.5. The summed E-state index contributed by atoms with van der Waals surface area (Å²) in [5.74, 6) is -0.538. The van der Waals surface area contributed by atoms with E-state index in [1.807, 2.05) is 0 Å². The van der Waals surface area contributed by atoms with Gasteiger partial charge in [-0.05, 0) is 45.4 Å². The lowest BCUT2D eigenvalue weighted by Crippen LogP contribution is -2.57. The average Bonchev–Trinajstić information content (AvgIpc) is 2.43. The number of hydrogen-bond acceptors (Lipinski definition) is 3. The van der Waals surface area contributed by atoms with Crippen molar-refractivity contribution in [1.29, 1.82) is 0 Å². The molecule has 1 aliphatic rings. The smallest absolute Gasteiger partial charge is 0.416 e. The number of rotatable bonds is 1. The molecule has 2 atom stereocenters. The molecule has 1 N–H and O–H groups in total. The second-order valence-corrected chi connectivity index (χ2v) is 7.07. The molecule has 1 aromatic carbocycles. The van der Waals surface area contributed by atoms with Crippen LogP contribution in [0.3, 0.4) is 0 Å². The van der Waals surface area contributed by atoms with Crippen molar-refractivity contribution in [3.63, 3.8) is 0 Å². The number of hydrogen-bond donors (Lipinski definition) is 1. The molecular formula is C17H21F3N2O3. The number of piperazine rings is 1. The monoisotopic (exact) mass is 358 g/mol. The Kier molecular flexibility index (Phi) is 5.02. The lowest BCUT2D eigenvalue weighted by molar-refractivity contribution is -0.138. The van der Waals surface area contributed by atoms with E-state index in [0.29, 0.717) is 0 Å². The Hall–Kier alpha value is -2.25. The van der Waals surface area contributed by atoms with Crippen LogP contribution in [0.25, 0.3) is 0 Å². The number of alkyl halides is 3. The van der Waals surface area contributed by atoms with E-state index in [1.165, 1.54) is 17.0 Å². The predicted octanol–water partition coefficient (Wildman–Crippen LogP) is 3.50. The molecule has 8 heteroatoms. The molecule has 2 rings (SSSR count). The van der Waals surface area contributed by atoms with Crippen molar-refractivity contribution in [2.24, 2.45) is 0 Å². The lowest BCUT2D eigenvalue weighted by Gasteiger charge is -2.39. The van der Waals surface area contributed by atoms with Crippen molar-refractivity contribution in [3.8, 4) is 0 Å². The molecule has 1 aliphatic heterocycles. The standard InChI is InChI=1S/C17H21F3N2O3/c1-10-9-22(15(24)25-16(2,3)4)13(14(23)21-10)11-6-5-7-12(8-11)17(18,19)20/h5-8,10,13H,9H2,1-4H3,(H,21,23)/t10-,13-/m1/s1. The van der Waals surface area contributed by atoms with Gasteiger partial charge in [-0.25, -0.2) is 4.79 Å². The molecule has 1 heterocycles. The first-order valence-electron chi connectivity index (χ1n) is 7.85. The summed E-state index contributed by atoms with van der Waals surface area (Å²) in [5, 5.41) is 2.66. The van der Waals surface area contributed by atoms with Crippen LogP contribution in [0.15, 0.2) is 24.3 Å². The second kappa shape index (κ2) is 6.57. The van der Waals surface area contributed by atoms with Gasteiger partial charge in [0.2, 0.25) is 5.91 Å². The molecule has 0 aromatic heterocycles. The summed E-state index contributed by atoms with van der Waals surface area (Å²) in [7, 11) is 0. The van der Waals surface area contributed by atoms with Crippen molar-refractivity contribution in [1.82, 2.24) is 10.2 Å². The van der Waals surface area contributed by atoms with E-state index < -0.39 is 35.4 Å². The summed E-state index contributed by atoms with van der Waals surface area (Å²) in [4.78, 5) is 26.0. The maximum Gasteiger partial charge on any atom is 0.416 e. The van der Waals surface area contributed by atoms with Gasteiger partial charge in [-0.1, -0.05) is 12.1 Å². The molecule has 0 saturated carbocycles. The van der Waals surface area contributed by atoms with Crippen LogP contribution < -0.4 is 5.32 Å². The van der Waals surface area contributed by atoms with Gasteiger partial charge < -0.3 is 10.1 Å². The summed E-state index contributed by atoms with van der Waals surface area (Å²) >= 11 is 0. The maximum absolute atomic E-state index is 13.0. The first kappa shape index (κ1) is 19.1. The van der Waals surface area contributed by atoms with E-state index in [-0.39, 0.29) is 18.2 Å². The van der Waals surface area contributed by atoms with E-state index in [0.717, 1.165) is 12.1 Å². The number of halogens is 3. The Morgan fingerprint density at radius 2 is 1.92 bits per heavy atom. The van der Waals surface area contributed by atoms with E-state index >= 15 is 0 Å². The number of carbonyl (C=O) groups excluding carboxylic acids is 2. The lowest BCUT2D eigenvalue weighted by atomic mass is 9.99. The van der Waals surface area contributed by atoms with Crippen LogP contribution in [-0.4, -0.2) is 35.1 Å². The topological polar surface area (TPSA) is 58.6 Å². The van der Waals surface area contributed by atoms with Crippen LogP contribution in [0.4, 0.5) is 18.0 Å². The molecule has 1 fully saturated rings. The van der Waals surface area contributed by atoms with E-state index in [9.17, 15) is 22.8 Å². The molecule has 25 heavy (non-hydrogen) atoms. The number of carbonyl (C=O) groups is 2. The highest BCUT2D eigenvalue weighted by Gasteiger charge is 2.40. The predicted molar refractivity (Wildman–Crippen MR) is 84.7 cm³/mol. The van der Waals surface area contributed by atoms with Crippen molar-refractivity contribution in [2.45, 2.75) is 51.6 Å². The van der Waals surface area contributed by atoms with Gasteiger partial charge in [-0.15, -0.1) is 0 Å².